The van der Waals surface area contributed by atoms with Crippen LogP contribution in [0.3, 0.4) is 0 Å². The highest BCUT2D eigenvalue weighted by atomic mass is 35.5. The third-order valence-electron chi connectivity index (χ3n) is 3.56. The number of hydrogen-bond acceptors (Lipinski definition) is 3. The summed E-state index contributed by atoms with van der Waals surface area (Å²) in [5, 5.41) is 2.76. The van der Waals surface area contributed by atoms with Crippen molar-refractivity contribution in [2.24, 2.45) is 11.7 Å². The molecule has 1 rings (SSSR count). The monoisotopic (exact) mass is 345 g/mol. The fourth-order valence-corrected chi connectivity index (χ4v) is 2.22. The molecule has 9 heteroatoms. The first kappa shape index (κ1) is 21.0. The topological polar surface area (TPSA) is 75.4 Å². The smallest absolute Gasteiger partial charge is 0.356 e. The van der Waals surface area contributed by atoms with Gasteiger partial charge in [-0.2, -0.15) is 13.2 Å². The van der Waals surface area contributed by atoms with E-state index in [0.717, 1.165) is 4.90 Å². The number of likely N-dealkylation sites (tertiary alicyclic amines) is 1. The van der Waals surface area contributed by atoms with E-state index in [2.05, 4.69) is 5.32 Å². The number of nitrogens with zero attached hydrogens (tertiary/aromatic N) is 1. The third-order valence-corrected chi connectivity index (χ3v) is 3.56. The summed E-state index contributed by atoms with van der Waals surface area (Å²) in [6.45, 7) is 2.42. The predicted octanol–water partition coefficient (Wildman–Crippen LogP) is 1.45. The molecule has 0 aromatic carbocycles. The molecule has 1 aliphatic rings. The van der Waals surface area contributed by atoms with Gasteiger partial charge in [-0.3, -0.25) is 9.59 Å². The highest BCUT2D eigenvalue weighted by Crippen LogP contribution is 2.23. The number of carbonyl (C=O) groups excluding carboxylic acids is 2. The van der Waals surface area contributed by atoms with Gasteiger partial charge >= 0.3 is 12.1 Å². The number of piperidine rings is 1. The minimum absolute atomic E-state index is 0. The van der Waals surface area contributed by atoms with Crippen LogP contribution in [0.1, 0.15) is 32.6 Å². The van der Waals surface area contributed by atoms with Crippen LogP contribution >= 0.6 is 12.4 Å². The van der Waals surface area contributed by atoms with Gasteiger partial charge in [0.05, 0.1) is 0 Å². The lowest BCUT2D eigenvalue weighted by Gasteiger charge is -2.32. The zero-order valence-electron chi connectivity index (χ0n) is 12.5. The predicted molar refractivity (Wildman–Crippen MR) is 78.5 cm³/mol. The van der Waals surface area contributed by atoms with Gasteiger partial charge in [0.25, 0.3) is 0 Å². The highest BCUT2D eigenvalue weighted by molar-refractivity contribution is 5.85. The molecule has 1 aliphatic heterocycles. The number of nitrogens with two attached hydrogens (primary N) is 1. The number of rotatable bonds is 5. The zero-order chi connectivity index (χ0) is 16.0. The molecule has 0 radical (unpaired) electrons. The Balaban J connectivity index is 0.00000441. The molecule has 2 amide bonds. The van der Waals surface area contributed by atoms with Gasteiger partial charge in [0.2, 0.25) is 5.91 Å². The fraction of sp³-hybridized carbons (Fsp3) is 0.846. The number of nitrogens with one attached hydrogen (secondary N) is 1. The molecule has 0 aromatic heterocycles. The summed E-state index contributed by atoms with van der Waals surface area (Å²) in [4.78, 5) is 23.4. The lowest BCUT2D eigenvalue weighted by atomic mass is 9.96. The SMILES string of the molecule is CC(N)CCC(=O)NCC1CCN(C(=O)C(F)(F)F)CC1.Cl. The second-order valence-corrected chi connectivity index (χ2v) is 5.55. The summed E-state index contributed by atoms with van der Waals surface area (Å²) >= 11 is 0. The van der Waals surface area contributed by atoms with E-state index in [1.165, 1.54) is 0 Å². The first-order chi connectivity index (χ1) is 9.70. The van der Waals surface area contributed by atoms with Crippen LogP contribution in [0.5, 0.6) is 0 Å². The molecule has 1 saturated heterocycles. The van der Waals surface area contributed by atoms with E-state index >= 15 is 0 Å². The van der Waals surface area contributed by atoms with E-state index < -0.39 is 12.1 Å². The van der Waals surface area contributed by atoms with Crippen LogP contribution < -0.4 is 11.1 Å². The van der Waals surface area contributed by atoms with Crippen LogP contribution in [0.4, 0.5) is 13.2 Å². The Morgan fingerprint density at radius 2 is 1.86 bits per heavy atom. The molecule has 0 spiro atoms. The van der Waals surface area contributed by atoms with Crippen molar-refractivity contribution in [1.29, 1.82) is 0 Å². The summed E-state index contributed by atoms with van der Waals surface area (Å²) in [6.07, 6.45) is -2.92. The minimum Gasteiger partial charge on any atom is -0.356 e. The number of alkyl halides is 3. The van der Waals surface area contributed by atoms with E-state index in [-0.39, 0.29) is 43.4 Å². The van der Waals surface area contributed by atoms with Crippen LogP contribution in [0.25, 0.3) is 0 Å². The van der Waals surface area contributed by atoms with Gasteiger partial charge < -0.3 is 16.0 Å². The van der Waals surface area contributed by atoms with Crippen LogP contribution in [0.15, 0.2) is 0 Å². The normalized spacial score (nSPS) is 17.6. The Bertz CT molecular complexity index is 370. The maximum absolute atomic E-state index is 12.3. The van der Waals surface area contributed by atoms with Crippen molar-refractivity contribution in [3.05, 3.63) is 0 Å². The van der Waals surface area contributed by atoms with Gasteiger partial charge in [0, 0.05) is 32.1 Å². The Kier molecular flexibility index (Phi) is 8.77. The Hall–Kier alpha value is -1.02. The first-order valence-corrected chi connectivity index (χ1v) is 7.08. The average molecular weight is 346 g/mol. The van der Waals surface area contributed by atoms with Crippen LogP contribution in [0, 0.1) is 5.92 Å². The van der Waals surface area contributed by atoms with Gasteiger partial charge in [-0.1, -0.05) is 0 Å². The summed E-state index contributed by atoms with van der Waals surface area (Å²) in [7, 11) is 0. The zero-order valence-corrected chi connectivity index (χ0v) is 13.3. The second kappa shape index (κ2) is 9.19. The van der Waals surface area contributed by atoms with Gasteiger partial charge in [-0.05, 0) is 32.1 Å². The van der Waals surface area contributed by atoms with Crippen LogP contribution in [-0.4, -0.2) is 48.6 Å². The number of halogens is 4. The van der Waals surface area contributed by atoms with Crippen molar-refractivity contribution in [3.63, 3.8) is 0 Å². The van der Waals surface area contributed by atoms with Crippen molar-refractivity contribution in [2.75, 3.05) is 19.6 Å². The van der Waals surface area contributed by atoms with Crippen molar-refractivity contribution in [3.8, 4) is 0 Å². The molecule has 1 atom stereocenters. The average Bonchev–Trinajstić information content (AvgIpc) is 2.41. The van der Waals surface area contributed by atoms with Crippen molar-refractivity contribution < 1.29 is 22.8 Å². The van der Waals surface area contributed by atoms with Gasteiger partial charge in [-0.25, -0.2) is 0 Å². The van der Waals surface area contributed by atoms with E-state index in [4.69, 9.17) is 5.73 Å². The summed E-state index contributed by atoms with van der Waals surface area (Å²) < 4.78 is 36.8. The third kappa shape index (κ3) is 7.31. The molecular weight excluding hydrogens is 323 g/mol. The van der Waals surface area contributed by atoms with E-state index in [0.29, 0.717) is 32.2 Å². The molecule has 0 saturated carbocycles. The van der Waals surface area contributed by atoms with Gasteiger partial charge in [-0.15, -0.1) is 12.4 Å². The maximum Gasteiger partial charge on any atom is 0.471 e. The standard InChI is InChI=1S/C13H22F3N3O2.ClH/c1-9(17)2-3-11(20)18-8-10-4-6-19(7-5-10)12(21)13(14,15)16;/h9-10H,2-8,17H2,1H3,(H,18,20);1H. The minimum atomic E-state index is -4.81. The highest BCUT2D eigenvalue weighted by Gasteiger charge is 2.43. The molecule has 3 N–H and O–H groups in total. The van der Waals surface area contributed by atoms with Gasteiger partial charge in [0.1, 0.15) is 0 Å². The van der Waals surface area contributed by atoms with E-state index in [1.807, 2.05) is 6.92 Å². The van der Waals surface area contributed by atoms with Crippen LogP contribution in [0.2, 0.25) is 0 Å². The largest absolute Gasteiger partial charge is 0.471 e. The molecule has 1 fully saturated rings. The molecule has 0 aromatic rings. The maximum atomic E-state index is 12.3. The lowest BCUT2D eigenvalue weighted by molar-refractivity contribution is -0.186. The summed E-state index contributed by atoms with van der Waals surface area (Å²) in [5.74, 6) is -1.76. The quantitative estimate of drug-likeness (QED) is 0.792. The molecule has 0 bridgehead atoms. The molecule has 1 heterocycles. The number of hydrogen-bond donors (Lipinski definition) is 2. The lowest BCUT2D eigenvalue weighted by Crippen LogP contribution is -2.46. The van der Waals surface area contributed by atoms with E-state index in [1.54, 1.807) is 0 Å². The molecule has 1 unspecified atom stereocenters. The summed E-state index contributed by atoms with van der Waals surface area (Å²) in [6, 6.07) is -0.0348. The molecular formula is C13H23ClF3N3O2. The Morgan fingerprint density at radius 1 is 1.32 bits per heavy atom. The Labute approximate surface area is 134 Å². The number of amides is 2. The van der Waals surface area contributed by atoms with Gasteiger partial charge in [0.15, 0.2) is 0 Å². The molecule has 130 valence electrons. The molecule has 0 aliphatic carbocycles. The molecule has 22 heavy (non-hydrogen) atoms. The summed E-state index contributed by atoms with van der Waals surface area (Å²) in [5.41, 5.74) is 5.55. The molecule has 5 nitrogen and oxygen atoms in total. The van der Waals surface area contributed by atoms with Crippen molar-refractivity contribution >= 4 is 24.2 Å². The van der Waals surface area contributed by atoms with Crippen molar-refractivity contribution in [1.82, 2.24) is 10.2 Å². The number of carbonyl (C=O) groups is 2. The van der Waals surface area contributed by atoms with Crippen LogP contribution in [-0.2, 0) is 9.59 Å². The first-order valence-electron chi connectivity index (χ1n) is 7.08. The second-order valence-electron chi connectivity index (χ2n) is 5.55. The van der Waals surface area contributed by atoms with Crippen molar-refractivity contribution in [2.45, 2.75) is 44.8 Å². The Morgan fingerprint density at radius 3 is 2.32 bits per heavy atom. The van der Waals surface area contributed by atoms with E-state index in [9.17, 15) is 22.8 Å². The fourth-order valence-electron chi connectivity index (χ4n) is 2.22.